The van der Waals surface area contributed by atoms with Crippen LogP contribution < -0.4 is 0 Å². The van der Waals surface area contributed by atoms with Crippen LogP contribution in [0.5, 0.6) is 0 Å². The van der Waals surface area contributed by atoms with Crippen LogP contribution >= 0.6 is 0 Å². The molecule has 0 N–H and O–H groups in total. The van der Waals surface area contributed by atoms with Crippen LogP contribution in [0.4, 0.5) is 0 Å². The molecule has 0 bridgehead atoms. The van der Waals surface area contributed by atoms with Crippen molar-refractivity contribution in [2.45, 2.75) is 86.2 Å². The lowest BCUT2D eigenvalue weighted by atomic mass is 9.88. The van der Waals surface area contributed by atoms with E-state index in [2.05, 4.69) is 75.9 Å². The van der Waals surface area contributed by atoms with Gasteiger partial charge in [-0.15, -0.1) is 0 Å². The first-order chi connectivity index (χ1) is 12.9. The van der Waals surface area contributed by atoms with E-state index >= 15 is 0 Å². The molecule has 1 aromatic carbocycles. The summed E-state index contributed by atoms with van der Waals surface area (Å²) < 4.78 is 0. The number of ketones is 1. The van der Waals surface area contributed by atoms with Crippen molar-refractivity contribution < 1.29 is 4.79 Å². The highest BCUT2D eigenvalue weighted by Crippen LogP contribution is 2.23. The normalized spacial score (nSPS) is 15.6. The van der Waals surface area contributed by atoms with Gasteiger partial charge in [0.05, 0.1) is 0 Å². The number of Topliss-reactive ketones (excluding diaryl/α,β-unsaturated/α-hetero) is 1. The molecule has 0 saturated heterocycles. The zero-order chi connectivity index (χ0) is 20.2. The first-order valence-electron chi connectivity index (χ1n) is 10.9. The van der Waals surface area contributed by atoms with Gasteiger partial charge in [-0.1, -0.05) is 70.5 Å². The second-order valence-electron chi connectivity index (χ2n) is 8.21. The number of rotatable bonds is 13. The molecule has 0 aromatic heterocycles. The molecule has 1 aromatic rings. The molecule has 0 amide bonds. The average molecular weight is 372 g/mol. The summed E-state index contributed by atoms with van der Waals surface area (Å²) in [5.41, 5.74) is 2.32. The van der Waals surface area contributed by atoms with E-state index < -0.39 is 0 Å². The van der Waals surface area contributed by atoms with E-state index in [0.717, 1.165) is 37.9 Å². The summed E-state index contributed by atoms with van der Waals surface area (Å²) in [4.78, 5) is 15.0. The Morgan fingerprint density at radius 2 is 1.74 bits per heavy atom. The maximum Gasteiger partial charge on any atom is 0.158 e. The van der Waals surface area contributed by atoms with Gasteiger partial charge in [0.15, 0.2) is 5.78 Å². The summed E-state index contributed by atoms with van der Waals surface area (Å²) in [6.07, 6.45) is 7.14. The lowest BCUT2D eigenvalue weighted by Crippen LogP contribution is -2.36. The number of hydrogen-bond donors (Lipinski definition) is 0. The van der Waals surface area contributed by atoms with E-state index in [1.807, 2.05) is 6.92 Å². The molecule has 0 spiro atoms. The molecule has 0 radical (unpaired) electrons. The van der Waals surface area contributed by atoms with Gasteiger partial charge in [-0.05, 0) is 56.1 Å². The number of carbonyl (C=O) groups is 1. The molecule has 0 aliphatic rings. The molecule has 0 fully saturated rings. The Bertz CT molecular complexity index is 563. The zero-order valence-corrected chi connectivity index (χ0v) is 18.5. The summed E-state index contributed by atoms with van der Waals surface area (Å²) in [6, 6.07) is 11.4. The molecule has 0 aliphatic carbocycles. The quantitative estimate of drug-likeness (QED) is 0.362. The minimum absolute atomic E-state index is 0.322. The summed E-state index contributed by atoms with van der Waals surface area (Å²) in [7, 11) is 0. The fourth-order valence-electron chi connectivity index (χ4n) is 3.73. The van der Waals surface area contributed by atoms with Crippen molar-refractivity contribution in [1.82, 2.24) is 4.90 Å². The van der Waals surface area contributed by atoms with Gasteiger partial charge in [0, 0.05) is 25.6 Å². The number of nitrogens with zero attached hydrogens (tertiary/aromatic N) is 1. The molecule has 0 saturated carbocycles. The fourth-order valence-corrected chi connectivity index (χ4v) is 3.73. The van der Waals surface area contributed by atoms with Gasteiger partial charge in [-0.3, -0.25) is 9.69 Å². The maximum absolute atomic E-state index is 12.4. The van der Waals surface area contributed by atoms with Crippen LogP contribution in [-0.4, -0.2) is 23.3 Å². The standard InChI is InChI=1S/C25H41NO/c1-7-13-21(5)25(27)17-20(4)16-23(9-3)18-26(22(6)8-2)19-24-14-11-10-12-15-24/h10-15,20,22-23H,7-9,16-19H2,1-6H3/b21-13+. The molecule has 152 valence electrons. The summed E-state index contributed by atoms with van der Waals surface area (Å²) >= 11 is 0. The molecule has 2 nitrogen and oxygen atoms in total. The van der Waals surface area contributed by atoms with Crippen LogP contribution in [0.2, 0.25) is 0 Å². The van der Waals surface area contributed by atoms with Crippen LogP contribution in [0.3, 0.4) is 0 Å². The molecular formula is C25H41NO. The third-order valence-electron chi connectivity index (χ3n) is 5.73. The van der Waals surface area contributed by atoms with Gasteiger partial charge in [0.25, 0.3) is 0 Å². The smallest absolute Gasteiger partial charge is 0.158 e. The minimum Gasteiger partial charge on any atom is -0.296 e. The van der Waals surface area contributed by atoms with Crippen molar-refractivity contribution in [1.29, 1.82) is 0 Å². The van der Waals surface area contributed by atoms with Crippen molar-refractivity contribution >= 4 is 5.78 Å². The Morgan fingerprint density at radius 1 is 1.07 bits per heavy atom. The molecule has 0 heterocycles. The van der Waals surface area contributed by atoms with E-state index in [-0.39, 0.29) is 0 Å². The average Bonchev–Trinajstić information content (AvgIpc) is 2.66. The van der Waals surface area contributed by atoms with Crippen LogP contribution in [0.1, 0.15) is 79.2 Å². The second-order valence-corrected chi connectivity index (χ2v) is 8.21. The Kier molecular flexibility index (Phi) is 11.3. The Hall–Kier alpha value is -1.41. The third-order valence-corrected chi connectivity index (χ3v) is 5.73. The van der Waals surface area contributed by atoms with Gasteiger partial charge in [0.1, 0.15) is 0 Å². The molecule has 0 aliphatic heterocycles. The molecule has 3 unspecified atom stereocenters. The van der Waals surface area contributed by atoms with E-state index in [1.54, 1.807) is 0 Å². The minimum atomic E-state index is 0.322. The molecule has 1 rings (SSSR count). The number of benzene rings is 1. The lowest BCUT2D eigenvalue weighted by molar-refractivity contribution is -0.116. The number of hydrogen-bond acceptors (Lipinski definition) is 2. The summed E-state index contributed by atoms with van der Waals surface area (Å²) in [6.45, 7) is 15.3. The Labute approximate surface area is 168 Å². The van der Waals surface area contributed by atoms with Crippen molar-refractivity contribution in [2.24, 2.45) is 11.8 Å². The third kappa shape index (κ3) is 8.88. The zero-order valence-electron chi connectivity index (χ0n) is 18.5. The number of allylic oxidation sites excluding steroid dienone is 2. The maximum atomic E-state index is 12.4. The van der Waals surface area contributed by atoms with Crippen molar-refractivity contribution in [3.05, 3.63) is 47.5 Å². The van der Waals surface area contributed by atoms with E-state index in [4.69, 9.17) is 0 Å². The van der Waals surface area contributed by atoms with Crippen LogP contribution in [0.25, 0.3) is 0 Å². The van der Waals surface area contributed by atoms with Gasteiger partial charge < -0.3 is 0 Å². The SMILES string of the molecule is CC/C=C(\C)C(=O)CC(C)CC(CC)CN(Cc1ccccc1)C(C)CC. The largest absolute Gasteiger partial charge is 0.296 e. The van der Waals surface area contributed by atoms with E-state index in [9.17, 15) is 4.79 Å². The topological polar surface area (TPSA) is 20.3 Å². The van der Waals surface area contributed by atoms with Crippen molar-refractivity contribution in [3.8, 4) is 0 Å². The molecule has 3 atom stereocenters. The van der Waals surface area contributed by atoms with Crippen LogP contribution in [0, 0.1) is 11.8 Å². The van der Waals surface area contributed by atoms with Gasteiger partial charge in [0.2, 0.25) is 0 Å². The summed E-state index contributed by atoms with van der Waals surface area (Å²) in [5.74, 6) is 1.40. The van der Waals surface area contributed by atoms with Crippen LogP contribution in [0.15, 0.2) is 42.0 Å². The number of carbonyl (C=O) groups excluding carboxylic acids is 1. The summed E-state index contributed by atoms with van der Waals surface area (Å²) in [5, 5.41) is 0. The molecule has 2 heteroatoms. The highest BCUT2D eigenvalue weighted by atomic mass is 16.1. The highest BCUT2D eigenvalue weighted by molar-refractivity contribution is 5.94. The fraction of sp³-hybridized carbons (Fsp3) is 0.640. The monoisotopic (exact) mass is 371 g/mol. The van der Waals surface area contributed by atoms with E-state index in [0.29, 0.717) is 30.1 Å². The van der Waals surface area contributed by atoms with Gasteiger partial charge >= 0.3 is 0 Å². The Balaban J connectivity index is 2.68. The Morgan fingerprint density at radius 3 is 2.30 bits per heavy atom. The van der Waals surface area contributed by atoms with Crippen molar-refractivity contribution in [3.63, 3.8) is 0 Å². The highest BCUT2D eigenvalue weighted by Gasteiger charge is 2.20. The predicted octanol–water partition coefficient (Wildman–Crippen LogP) is 6.66. The second kappa shape index (κ2) is 12.9. The van der Waals surface area contributed by atoms with Crippen molar-refractivity contribution in [2.75, 3.05) is 6.54 Å². The predicted molar refractivity (Wildman–Crippen MR) is 118 cm³/mol. The lowest BCUT2D eigenvalue weighted by Gasteiger charge is -2.33. The van der Waals surface area contributed by atoms with Crippen LogP contribution in [-0.2, 0) is 11.3 Å². The first-order valence-corrected chi connectivity index (χ1v) is 10.9. The molecule has 27 heavy (non-hydrogen) atoms. The van der Waals surface area contributed by atoms with E-state index in [1.165, 1.54) is 12.0 Å². The van der Waals surface area contributed by atoms with Gasteiger partial charge in [-0.25, -0.2) is 0 Å². The van der Waals surface area contributed by atoms with Gasteiger partial charge in [-0.2, -0.15) is 0 Å². The molecular weight excluding hydrogens is 330 g/mol. The first kappa shape index (κ1) is 23.6.